The van der Waals surface area contributed by atoms with E-state index in [1.807, 2.05) is 50.1 Å². The van der Waals surface area contributed by atoms with Gasteiger partial charge in [0.05, 0.1) is 29.5 Å². The van der Waals surface area contributed by atoms with Gasteiger partial charge in [-0.05, 0) is 31.9 Å². The number of hydrogen-bond acceptors (Lipinski definition) is 5. The first-order chi connectivity index (χ1) is 15.2. The molecule has 170 valence electrons. The Morgan fingerprint density at radius 1 is 1.22 bits per heavy atom. The number of carbonyl (C=O) groups is 1. The molecule has 7 nitrogen and oxygen atoms in total. The molecule has 0 spiro atoms. The largest absolute Gasteiger partial charge is 0.434 e. The number of amides is 1. The molecule has 0 radical (unpaired) electrons. The van der Waals surface area contributed by atoms with Gasteiger partial charge in [0.25, 0.3) is 5.91 Å². The molecule has 1 N–H and O–H groups in total. The first-order valence-corrected chi connectivity index (χ1v) is 10.6. The molecule has 3 unspecified atom stereocenters. The number of halogens is 3. The molecule has 1 amide bonds. The van der Waals surface area contributed by atoms with Crippen LogP contribution in [0, 0.1) is 0 Å². The summed E-state index contributed by atoms with van der Waals surface area (Å²) in [6, 6.07) is 7.20. The Bertz CT molecular complexity index is 1110. The molecule has 0 aliphatic carbocycles. The van der Waals surface area contributed by atoms with Gasteiger partial charge in [0.15, 0.2) is 11.5 Å². The quantitative estimate of drug-likeness (QED) is 0.634. The van der Waals surface area contributed by atoms with Crippen LogP contribution in [-0.2, 0) is 13.2 Å². The van der Waals surface area contributed by atoms with Gasteiger partial charge in [0.2, 0.25) is 0 Å². The summed E-state index contributed by atoms with van der Waals surface area (Å²) in [5.74, 6) is 0.472. The number of fused-ring (bicyclic) bond motifs is 1. The van der Waals surface area contributed by atoms with Gasteiger partial charge >= 0.3 is 6.18 Å². The number of hydrogen-bond donors (Lipinski definition) is 1. The molecular weight excluding hydrogens is 421 g/mol. The predicted octanol–water partition coefficient (Wildman–Crippen LogP) is 4.27. The summed E-state index contributed by atoms with van der Waals surface area (Å²) in [5.41, 5.74) is 0.600. The molecule has 0 saturated carbocycles. The maximum atomic E-state index is 13.5. The third-order valence-corrected chi connectivity index (χ3v) is 5.96. The molecular formula is C22H25F3N6O. The molecule has 3 heterocycles. The van der Waals surface area contributed by atoms with Crippen LogP contribution in [0.15, 0.2) is 36.7 Å². The molecule has 4 rings (SSSR count). The maximum Gasteiger partial charge on any atom is 0.434 e. The lowest BCUT2D eigenvalue weighted by atomic mass is 10.0. The van der Waals surface area contributed by atoms with E-state index >= 15 is 0 Å². The molecule has 3 aromatic rings. The van der Waals surface area contributed by atoms with Gasteiger partial charge in [-0.1, -0.05) is 25.5 Å². The maximum absolute atomic E-state index is 13.5. The van der Waals surface area contributed by atoms with Gasteiger partial charge in [-0.2, -0.15) is 13.2 Å². The highest BCUT2D eigenvalue weighted by atomic mass is 19.4. The lowest BCUT2D eigenvalue weighted by Gasteiger charge is -2.30. The predicted molar refractivity (Wildman–Crippen MR) is 114 cm³/mol. The average molecular weight is 446 g/mol. The molecule has 3 atom stereocenters. The Morgan fingerprint density at radius 2 is 1.97 bits per heavy atom. The van der Waals surface area contributed by atoms with E-state index in [1.165, 1.54) is 0 Å². The topological polar surface area (TPSA) is 75.9 Å². The molecule has 1 aromatic carbocycles. The Kier molecular flexibility index (Phi) is 5.79. The molecule has 2 aromatic heterocycles. The number of carbonyl (C=O) groups excluding carboxylic acids is 1. The second-order valence-electron chi connectivity index (χ2n) is 8.17. The van der Waals surface area contributed by atoms with Crippen LogP contribution >= 0.6 is 0 Å². The van der Waals surface area contributed by atoms with E-state index in [0.29, 0.717) is 12.2 Å². The number of aromatic nitrogens is 4. The van der Waals surface area contributed by atoms with Crippen LogP contribution in [0.25, 0.3) is 11.0 Å². The summed E-state index contributed by atoms with van der Waals surface area (Å²) in [5, 5.41) is 3.20. The van der Waals surface area contributed by atoms with Crippen molar-refractivity contribution in [3.8, 4) is 0 Å². The molecule has 1 saturated heterocycles. The Morgan fingerprint density at radius 3 is 2.59 bits per heavy atom. The van der Waals surface area contributed by atoms with Crippen LogP contribution < -0.4 is 5.32 Å². The van der Waals surface area contributed by atoms with Crippen LogP contribution in [0.1, 0.15) is 49.4 Å². The highest BCUT2D eigenvalue weighted by Gasteiger charge is 2.43. The van der Waals surface area contributed by atoms with Gasteiger partial charge in [0.1, 0.15) is 5.82 Å². The van der Waals surface area contributed by atoms with Crippen LogP contribution in [0.4, 0.5) is 19.0 Å². The van der Waals surface area contributed by atoms with Crippen molar-refractivity contribution in [1.29, 1.82) is 0 Å². The minimum atomic E-state index is -4.53. The summed E-state index contributed by atoms with van der Waals surface area (Å²) < 4.78 is 40.1. The van der Waals surface area contributed by atoms with Crippen LogP contribution in [0.5, 0.6) is 0 Å². The smallest absolute Gasteiger partial charge is 0.364 e. The van der Waals surface area contributed by atoms with Crippen molar-refractivity contribution < 1.29 is 18.0 Å². The van der Waals surface area contributed by atoms with Gasteiger partial charge < -0.3 is 14.8 Å². The van der Waals surface area contributed by atoms with Crippen molar-refractivity contribution in [1.82, 2.24) is 24.4 Å². The van der Waals surface area contributed by atoms with Crippen molar-refractivity contribution in [3.63, 3.8) is 0 Å². The average Bonchev–Trinajstić information content (AvgIpc) is 3.24. The van der Waals surface area contributed by atoms with Crippen molar-refractivity contribution >= 4 is 22.8 Å². The number of para-hydroxylation sites is 2. The van der Waals surface area contributed by atoms with Crippen LogP contribution in [-0.4, -0.2) is 48.5 Å². The molecule has 1 fully saturated rings. The number of imidazole rings is 1. The van der Waals surface area contributed by atoms with Crippen LogP contribution in [0.2, 0.25) is 0 Å². The van der Waals surface area contributed by atoms with Crippen molar-refractivity contribution in [2.75, 3.05) is 5.32 Å². The highest BCUT2D eigenvalue weighted by Crippen LogP contribution is 2.32. The molecule has 10 heteroatoms. The lowest BCUT2D eigenvalue weighted by molar-refractivity contribution is -0.141. The van der Waals surface area contributed by atoms with E-state index in [9.17, 15) is 18.0 Å². The second kappa shape index (κ2) is 8.40. The zero-order chi connectivity index (χ0) is 23.0. The van der Waals surface area contributed by atoms with E-state index in [-0.39, 0.29) is 29.9 Å². The Hall–Kier alpha value is -3.17. The lowest BCUT2D eigenvalue weighted by Crippen LogP contribution is -2.45. The second-order valence-corrected chi connectivity index (χ2v) is 8.17. The number of nitrogens with one attached hydrogen (secondary N) is 1. The van der Waals surface area contributed by atoms with Crippen LogP contribution in [0.3, 0.4) is 0 Å². The number of alkyl halides is 3. The van der Waals surface area contributed by atoms with Crippen molar-refractivity contribution in [2.24, 2.45) is 7.05 Å². The van der Waals surface area contributed by atoms with Gasteiger partial charge in [-0.15, -0.1) is 0 Å². The minimum Gasteiger partial charge on any atom is -0.364 e. The number of benzene rings is 1. The highest BCUT2D eigenvalue weighted by molar-refractivity contribution is 5.95. The monoisotopic (exact) mass is 446 g/mol. The summed E-state index contributed by atoms with van der Waals surface area (Å²) in [6.45, 7) is 4.01. The zero-order valence-electron chi connectivity index (χ0n) is 18.1. The van der Waals surface area contributed by atoms with Gasteiger partial charge in [0, 0.05) is 19.1 Å². The third kappa shape index (κ3) is 4.01. The number of likely N-dealkylation sites (tertiary alicyclic amines) is 1. The van der Waals surface area contributed by atoms with Gasteiger partial charge in [-0.25, -0.2) is 15.0 Å². The summed E-state index contributed by atoms with van der Waals surface area (Å²) in [4.78, 5) is 27.3. The van der Waals surface area contributed by atoms with E-state index < -0.39 is 11.9 Å². The Balaban J connectivity index is 1.59. The van der Waals surface area contributed by atoms with E-state index in [0.717, 1.165) is 36.3 Å². The fourth-order valence-corrected chi connectivity index (χ4v) is 4.49. The summed E-state index contributed by atoms with van der Waals surface area (Å²) in [6.07, 6.45) is -0.493. The number of aryl methyl sites for hydroxylation is 1. The van der Waals surface area contributed by atoms with E-state index in [1.54, 1.807) is 4.57 Å². The molecule has 32 heavy (non-hydrogen) atoms. The number of anilines is 1. The normalized spacial score (nSPS) is 21.3. The summed E-state index contributed by atoms with van der Waals surface area (Å²) >= 11 is 0. The van der Waals surface area contributed by atoms with Crippen molar-refractivity contribution in [3.05, 3.63) is 48.2 Å². The first kappa shape index (κ1) is 22.0. The molecule has 1 aliphatic heterocycles. The Labute approximate surface area is 183 Å². The fourth-order valence-electron chi connectivity index (χ4n) is 4.49. The van der Waals surface area contributed by atoms with E-state index in [4.69, 9.17) is 0 Å². The summed E-state index contributed by atoms with van der Waals surface area (Å²) in [7, 11) is 1.83. The SMILES string of the molecule is CCCC1C(Nc2cnc(C(F)(F)F)cn2)CC(C)N1C(=O)c1nc2ccccc2n1C. The first-order valence-electron chi connectivity index (χ1n) is 10.6. The zero-order valence-corrected chi connectivity index (χ0v) is 18.1. The number of nitrogens with zero attached hydrogens (tertiary/aromatic N) is 5. The number of rotatable bonds is 5. The van der Waals surface area contributed by atoms with Gasteiger partial charge in [-0.3, -0.25) is 4.79 Å². The minimum absolute atomic E-state index is 0.0706. The fraction of sp³-hybridized carbons (Fsp3) is 0.455. The molecule has 1 aliphatic rings. The van der Waals surface area contributed by atoms with E-state index in [2.05, 4.69) is 20.3 Å². The molecule has 0 bridgehead atoms. The third-order valence-electron chi connectivity index (χ3n) is 5.96. The standard InChI is InChI=1S/C22H25F3N6O/c1-4-7-17-15(28-19-12-26-18(11-27-19)22(23,24)25)10-13(2)31(17)21(32)20-29-14-8-5-6-9-16(14)30(20)3/h5-6,8-9,11-13,15,17H,4,7,10H2,1-3H3,(H,27,28). The van der Waals surface area contributed by atoms with Crippen molar-refractivity contribution in [2.45, 2.75) is 57.4 Å².